The van der Waals surface area contributed by atoms with Crippen molar-refractivity contribution in [3.05, 3.63) is 47.2 Å². The Morgan fingerprint density at radius 3 is 2.57 bits per heavy atom. The predicted molar refractivity (Wildman–Crippen MR) is 110 cm³/mol. The normalized spacial score (nSPS) is 15.8. The monoisotopic (exact) mass is 403 g/mol. The molecular formula is C20H26ClN5O2. The smallest absolute Gasteiger partial charge is 0.251 e. The summed E-state index contributed by atoms with van der Waals surface area (Å²) in [6, 6.07) is 5.84. The number of carbonyl (C=O) groups excluding carboxylic acids is 2. The molecule has 150 valence electrons. The number of benzene rings is 1. The van der Waals surface area contributed by atoms with E-state index in [4.69, 9.17) is 11.6 Å². The summed E-state index contributed by atoms with van der Waals surface area (Å²) >= 11 is 5.82. The van der Waals surface area contributed by atoms with E-state index >= 15 is 0 Å². The number of aromatic nitrogens is 2. The van der Waals surface area contributed by atoms with E-state index in [9.17, 15) is 9.59 Å². The van der Waals surface area contributed by atoms with Gasteiger partial charge in [-0.25, -0.2) is 0 Å². The molecule has 1 saturated heterocycles. The predicted octanol–water partition coefficient (Wildman–Crippen LogP) is 2.78. The summed E-state index contributed by atoms with van der Waals surface area (Å²) in [7, 11) is 0. The fraction of sp³-hybridized carbons (Fsp3) is 0.450. The van der Waals surface area contributed by atoms with Crippen LogP contribution in [0.1, 0.15) is 36.5 Å². The SMILES string of the molecule is CC(NC(=O)c1ccc(Cl)cc1)C(=O)Nc1cnn(CCN2CCCCC2)c1. The van der Waals surface area contributed by atoms with E-state index in [0.717, 1.165) is 26.2 Å². The van der Waals surface area contributed by atoms with Gasteiger partial charge in [-0.2, -0.15) is 5.10 Å². The molecule has 1 aliphatic rings. The number of hydrogen-bond acceptors (Lipinski definition) is 4. The standard InChI is InChI=1S/C20H26ClN5O2/c1-15(23-20(28)16-5-7-17(21)8-6-16)19(27)24-18-13-22-26(14-18)12-11-25-9-3-2-4-10-25/h5-8,13-15H,2-4,9-12H2,1H3,(H,23,28)(H,24,27). The van der Waals surface area contributed by atoms with E-state index < -0.39 is 6.04 Å². The lowest BCUT2D eigenvalue weighted by Crippen LogP contribution is -2.41. The lowest BCUT2D eigenvalue weighted by atomic mass is 10.1. The maximum absolute atomic E-state index is 12.4. The molecule has 2 amide bonds. The van der Waals surface area contributed by atoms with E-state index in [1.165, 1.54) is 19.3 Å². The number of likely N-dealkylation sites (tertiary alicyclic amines) is 1. The molecule has 2 heterocycles. The highest BCUT2D eigenvalue weighted by atomic mass is 35.5. The second kappa shape index (κ2) is 9.71. The van der Waals surface area contributed by atoms with Gasteiger partial charge in [0.2, 0.25) is 5.91 Å². The first kappa shape index (κ1) is 20.4. The largest absolute Gasteiger partial charge is 0.341 e. The van der Waals surface area contributed by atoms with E-state index in [-0.39, 0.29) is 11.8 Å². The molecule has 1 fully saturated rings. The summed E-state index contributed by atoms with van der Waals surface area (Å²) in [6.45, 7) is 5.69. The van der Waals surface area contributed by atoms with Crippen molar-refractivity contribution in [3.8, 4) is 0 Å². The van der Waals surface area contributed by atoms with Crippen LogP contribution in [0.25, 0.3) is 0 Å². The first-order valence-corrected chi connectivity index (χ1v) is 10.0. The number of hydrogen-bond donors (Lipinski definition) is 2. The van der Waals surface area contributed by atoms with Crippen LogP contribution in [-0.4, -0.2) is 52.2 Å². The highest BCUT2D eigenvalue weighted by Gasteiger charge is 2.17. The van der Waals surface area contributed by atoms with Gasteiger partial charge in [0.05, 0.1) is 18.4 Å². The van der Waals surface area contributed by atoms with Crippen LogP contribution >= 0.6 is 11.6 Å². The van der Waals surface area contributed by atoms with Crippen molar-refractivity contribution in [1.82, 2.24) is 20.0 Å². The summed E-state index contributed by atoms with van der Waals surface area (Å²) in [4.78, 5) is 27.0. The van der Waals surface area contributed by atoms with Crippen molar-refractivity contribution in [2.24, 2.45) is 0 Å². The van der Waals surface area contributed by atoms with Crippen molar-refractivity contribution in [2.75, 3.05) is 25.0 Å². The Morgan fingerprint density at radius 1 is 1.14 bits per heavy atom. The Bertz CT molecular complexity index is 799. The number of rotatable bonds is 7. The molecule has 3 rings (SSSR count). The fourth-order valence-electron chi connectivity index (χ4n) is 3.17. The Balaban J connectivity index is 1.46. The molecule has 1 aliphatic heterocycles. The zero-order chi connectivity index (χ0) is 19.9. The van der Waals surface area contributed by atoms with Gasteiger partial charge in [0.1, 0.15) is 6.04 Å². The number of halogens is 1. The van der Waals surface area contributed by atoms with E-state index in [0.29, 0.717) is 16.3 Å². The number of amides is 2. The van der Waals surface area contributed by atoms with E-state index in [2.05, 4.69) is 20.6 Å². The summed E-state index contributed by atoms with van der Waals surface area (Å²) < 4.78 is 1.83. The molecule has 2 N–H and O–H groups in total. The number of nitrogens with one attached hydrogen (secondary N) is 2. The van der Waals surface area contributed by atoms with Crippen LogP contribution in [0.3, 0.4) is 0 Å². The molecule has 0 radical (unpaired) electrons. The van der Waals surface area contributed by atoms with Crippen molar-refractivity contribution < 1.29 is 9.59 Å². The Kier molecular flexibility index (Phi) is 7.06. The van der Waals surface area contributed by atoms with Crippen molar-refractivity contribution in [3.63, 3.8) is 0 Å². The summed E-state index contributed by atoms with van der Waals surface area (Å²) in [5, 5.41) is 10.3. The molecule has 0 spiro atoms. The van der Waals surface area contributed by atoms with Crippen LogP contribution in [-0.2, 0) is 11.3 Å². The molecule has 0 saturated carbocycles. The van der Waals surface area contributed by atoms with Gasteiger partial charge in [-0.1, -0.05) is 18.0 Å². The van der Waals surface area contributed by atoms with Crippen LogP contribution in [0.4, 0.5) is 5.69 Å². The van der Waals surface area contributed by atoms with Crippen LogP contribution in [0, 0.1) is 0 Å². The summed E-state index contributed by atoms with van der Waals surface area (Å²) in [5.41, 5.74) is 1.07. The Hall–Kier alpha value is -2.38. The van der Waals surface area contributed by atoms with Crippen molar-refractivity contribution in [1.29, 1.82) is 0 Å². The highest BCUT2D eigenvalue weighted by Crippen LogP contribution is 2.11. The average Bonchev–Trinajstić information content (AvgIpc) is 3.15. The molecule has 1 unspecified atom stereocenters. The van der Waals surface area contributed by atoms with E-state index in [1.54, 1.807) is 37.4 Å². The van der Waals surface area contributed by atoms with Gasteiger partial charge in [-0.3, -0.25) is 14.3 Å². The second-order valence-electron chi connectivity index (χ2n) is 7.09. The van der Waals surface area contributed by atoms with Gasteiger partial charge >= 0.3 is 0 Å². The molecule has 8 heteroatoms. The van der Waals surface area contributed by atoms with Crippen LogP contribution in [0.2, 0.25) is 5.02 Å². The minimum atomic E-state index is -0.681. The molecule has 1 aromatic carbocycles. The molecule has 28 heavy (non-hydrogen) atoms. The lowest BCUT2D eigenvalue weighted by molar-refractivity contribution is -0.117. The summed E-state index contributed by atoms with van der Waals surface area (Å²) in [5.74, 6) is -0.616. The first-order valence-electron chi connectivity index (χ1n) is 9.63. The first-order chi connectivity index (χ1) is 13.5. The zero-order valence-corrected chi connectivity index (χ0v) is 16.8. The van der Waals surface area contributed by atoms with Gasteiger partial charge in [-0.05, 0) is 57.1 Å². The Morgan fingerprint density at radius 2 is 1.86 bits per heavy atom. The summed E-state index contributed by atoms with van der Waals surface area (Å²) in [6.07, 6.45) is 7.29. The number of piperidine rings is 1. The van der Waals surface area contributed by atoms with Gasteiger partial charge in [-0.15, -0.1) is 0 Å². The van der Waals surface area contributed by atoms with E-state index in [1.807, 2.05) is 10.9 Å². The minimum Gasteiger partial charge on any atom is -0.341 e. The molecule has 0 aliphatic carbocycles. The third kappa shape index (κ3) is 5.81. The van der Waals surface area contributed by atoms with Crippen molar-refractivity contribution in [2.45, 2.75) is 38.8 Å². The minimum absolute atomic E-state index is 0.294. The fourth-order valence-corrected chi connectivity index (χ4v) is 3.30. The van der Waals surface area contributed by atoms with Crippen LogP contribution < -0.4 is 10.6 Å². The van der Waals surface area contributed by atoms with Gasteiger partial charge in [0.25, 0.3) is 5.91 Å². The molecule has 7 nitrogen and oxygen atoms in total. The van der Waals surface area contributed by atoms with Crippen LogP contribution in [0.5, 0.6) is 0 Å². The lowest BCUT2D eigenvalue weighted by Gasteiger charge is -2.26. The van der Waals surface area contributed by atoms with Gasteiger partial charge in [0, 0.05) is 23.3 Å². The molecule has 1 atom stereocenters. The third-order valence-electron chi connectivity index (χ3n) is 4.84. The maximum Gasteiger partial charge on any atom is 0.251 e. The topological polar surface area (TPSA) is 79.3 Å². The number of anilines is 1. The van der Waals surface area contributed by atoms with Crippen LogP contribution in [0.15, 0.2) is 36.7 Å². The highest BCUT2D eigenvalue weighted by molar-refractivity contribution is 6.30. The van der Waals surface area contributed by atoms with Crippen molar-refractivity contribution >= 4 is 29.1 Å². The van der Waals surface area contributed by atoms with Gasteiger partial charge < -0.3 is 15.5 Å². The maximum atomic E-state index is 12.4. The van der Waals surface area contributed by atoms with Gasteiger partial charge in [0.15, 0.2) is 0 Å². The third-order valence-corrected chi connectivity index (χ3v) is 5.09. The molecular weight excluding hydrogens is 378 g/mol. The number of nitrogens with zero attached hydrogens (tertiary/aromatic N) is 3. The molecule has 2 aromatic rings. The zero-order valence-electron chi connectivity index (χ0n) is 16.0. The Labute approximate surface area is 170 Å². The molecule has 0 bridgehead atoms. The molecule has 1 aromatic heterocycles. The second-order valence-corrected chi connectivity index (χ2v) is 7.52. The quantitative estimate of drug-likeness (QED) is 0.745. The average molecular weight is 404 g/mol. The number of carbonyl (C=O) groups is 2.